The number of ether oxygens (including phenoxy) is 2. The third-order valence-electron chi connectivity index (χ3n) is 3.09. The molecule has 0 spiro atoms. The number of hydrogen-bond donors (Lipinski definition) is 1. The third kappa shape index (κ3) is 1.89. The van der Waals surface area contributed by atoms with E-state index in [0.717, 1.165) is 0 Å². The molecule has 0 saturated heterocycles. The van der Waals surface area contributed by atoms with Crippen LogP contribution in [-0.4, -0.2) is 19.4 Å². The van der Waals surface area contributed by atoms with Crippen molar-refractivity contribution < 1.29 is 18.4 Å². The molecule has 102 valence electrons. The molecule has 2 aromatic rings. The van der Waals surface area contributed by atoms with E-state index in [2.05, 4.69) is 5.16 Å². The highest BCUT2D eigenvalue weighted by Gasteiger charge is 2.24. The first kappa shape index (κ1) is 13.2. The summed E-state index contributed by atoms with van der Waals surface area (Å²) in [4.78, 5) is 0. The van der Waals surface area contributed by atoms with Crippen molar-refractivity contribution in [1.29, 1.82) is 0 Å². The van der Waals surface area contributed by atoms with Gasteiger partial charge in [0.25, 0.3) is 0 Å². The van der Waals surface area contributed by atoms with Gasteiger partial charge >= 0.3 is 0 Å². The summed E-state index contributed by atoms with van der Waals surface area (Å²) in [6, 6.07) is 0. The quantitative estimate of drug-likeness (QED) is 0.924. The number of methoxy groups -OCH3 is 2. The Bertz CT molecular complexity index is 623. The predicted molar refractivity (Wildman–Crippen MR) is 68.9 cm³/mol. The fourth-order valence-corrected chi connectivity index (χ4v) is 2.16. The van der Waals surface area contributed by atoms with Crippen molar-refractivity contribution in [3.63, 3.8) is 0 Å². The highest BCUT2D eigenvalue weighted by Crippen LogP contribution is 2.44. The van der Waals surface area contributed by atoms with Crippen LogP contribution in [0.4, 0.5) is 10.3 Å². The number of hydrogen-bond acceptors (Lipinski definition) is 5. The second-order valence-electron chi connectivity index (χ2n) is 4.11. The van der Waals surface area contributed by atoms with Crippen molar-refractivity contribution in [2.24, 2.45) is 0 Å². The van der Waals surface area contributed by atoms with E-state index in [9.17, 15) is 4.39 Å². The molecule has 6 heteroatoms. The van der Waals surface area contributed by atoms with E-state index in [1.807, 2.05) is 0 Å². The Morgan fingerprint density at radius 1 is 1.16 bits per heavy atom. The van der Waals surface area contributed by atoms with Crippen LogP contribution < -0.4 is 15.2 Å². The van der Waals surface area contributed by atoms with Crippen LogP contribution in [-0.2, 0) is 0 Å². The van der Waals surface area contributed by atoms with Gasteiger partial charge in [-0.2, -0.15) is 0 Å². The monoisotopic (exact) mass is 266 g/mol. The standard InChI is InChI=1S/C13H15FN2O3/c1-6-9(8-5-16-19-13(8)15)11(17-3)7(2)10(14)12(6)18-4/h5H,15H2,1-4H3. The first-order chi connectivity index (χ1) is 9.02. The van der Waals surface area contributed by atoms with Crippen LogP contribution in [0, 0.1) is 19.7 Å². The van der Waals surface area contributed by atoms with Gasteiger partial charge in [0.1, 0.15) is 5.75 Å². The third-order valence-corrected chi connectivity index (χ3v) is 3.09. The number of rotatable bonds is 3. The van der Waals surface area contributed by atoms with E-state index < -0.39 is 5.82 Å². The van der Waals surface area contributed by atoms with Gasteiger partial charge in [0.05, 0.1) is 26.0 Å². The van der Waals surface area contributed by atoms with E-state index in [1.165, 1.54) is 20.4 Å². The summed E-state index contributed by atoms with van der Waals surface area (Å²) in [5.74, 6) is 0.254. The van der Waals surface area contributed by atoms with Crippen LogP contribution >= 0.6 is 0 Å². The zero-order valence-corrected chi connectivity index (χ0v) is 11.2. The summed E-state index contributed by atoms with van der Waals surface area (Å²) in [6.07, 6.45) is 1.47. The molecule has 1 heterocycles. The molecule has 2 N–H and O–H groups in total. The van der Waals surface area contributed by atoms with Gasteiger partial charge in [-0.05, 0) is 13.8 Å². The molecule has 1 aromatic heterocycles. The molecule has 5 nitrogen and oxygen atoms in total. The fraction of sp³-hybridized carbons (Fsp3) is 0.308. The number of nitrogen functional groups attached to an aromatic ring is 1. The van der Waals surface area contributed by atoms with E-state index in [4.69, 9.17) is 19.7 Å². The first-order valence-electron chi connectivity index (χ1n) is 5.64. The Hall–Kier alpha value is -2.24. The molecular weight excluding hydrogens is 251 g/mol. The topological polar surface area (TPSA) is 70.5 Å². The Kier molecular flexibility index (Phi) is 3.33. The van der Waals surface area contributed by atoms with Crippen molar-refractivity contribution in [3.8, 4) is 22.6 Å². The molecular formula is C13H15FN2O3. The van der Waals surface area contributed by atoms with Crippen LogP contribution in [0.3, 0.4) is 0 Å². The Labute approximate surface area is 110 Å². The number of aromatic nitrogens is 1. The molecule has 2 rings (SSSR count). The van der Waals surface area contributed by atoms with Crippen LogP contribution in [0.25, 0.3) is 11.1 Å². The molecule has 0 aliphatic heterocycles. The molecule has 19 heavy (non-hydrogen) atoms. The van der Waals surface area contributed by atoms with E-state index in [1.54, 1.807) is 13.8 Å². The Balaban J connectivity index is 2.86. The minimum atomic E-state index is -0.448. The van der Waals surface area contributed by atoms with Crippen molar-refractivity contribution in [1.82, 2.24) is 5.16 Å². The molecule has 0 aliphatic carbocycles. The second-order valence-corrected chi connectivity index (χ2v) is 4.11. The highest BCUT2D eigenvalue weighted by atomic mass is 19.1. The zero-order valence-electron chi connectivity index (χ0n) is 11.2. The minimum absolute atomic E-state index is 0.148. The average molecular weight is 266 g/mol. The summed E-state index contributed by atoms with van der Waals surface area (Å²) in [5, 5.41) is 3.63. The van der Waals surface area contributed by atoms with Gasteiger partial charge in [-0.3, -0.25) is 0 Å². The summed E-state index contributed by atoms with van der Waals surface area (Å²) in [6.45, 7) is 3.34. The first-order valence-corrected chi connectivity index (χ1v) is 5.64. The lowest BCUT2D eigenvalue weighted by molar-refractivity contribution is 0.372. The van der Waals surface area contributed by atoms with Crippen LogP contribution in [0.5, 0.6) is 11.5 Å². The second kappa shape index (κ2) is 4.79. The number of nitrogens with two attached hydrogens (primary N) is 1. The van der Waals surface area contributed by atoms with Crippen LogP contribution in [0.15, 0.2) is 10.7 Å². The van der Waals surface area contributed by atoms with Crippen molar-refractivity contribution in [2.75, 3.05) is 20.0 Å². The van der Waals surface area contributed by atoms with E-state index in [0.29, 0.717) is 28.0 Å². The molecule has 0 aliphatic rings. The molecule has 0 amide bonds. The van der Waals surface area contributed by atoms with Gasteiger partial charge in [0.15, 0.2) is 11.6 Å². The lowest BCUT2D eigenvalue weighted by atomic mass is 9.97. The molecule has 0 saturated carbocycles. The van der Waals surface area contributed by atoms with Crippen LogP contribution in [0.2, 0.25) is 0 Å². The normalized spacial score (nSPS) is 10.6. The molecule has 1 aromatic carbocycles. The van der Waals surface area contributed by atoms with Gasteiger partial charge in [0, 0.05) is 16.7 Å². The maximum atomic E-state index is 14.2. The number of halogens is 1. The maximum absolute atomic E-state index is 14.2. The largest absolute Gasteiger partial charge is 0.496 e. The fourth-order valence-electron chi connectivity index (χ4n) is 2.16. The Morgan fingerprint density at radius 3 is 2.26 bits per heavy atom. The van der Waals surface area contributed by atoms with Crippen molar-refractivity contribution >= 4 is 5.88 Å². The number of nitrogens with zero attached hydrogens (tertiary/aromatic N) is 1. The van der Waals surface area contributed by atoms with Crippen LogP contribution in [0.1, 0.15) is 11.1 Å². The predicted octanol–water partition coefficient (Wildman–Crippen LogP) is 2.70. The smallest absolute Gasteiger partial charge is 0.230 e. The lowest BCUT2D eigenvalue weighted by Crippen LogP contribution is -2.02. The highest BCUT2D eigenvalue weighted by molar-refractivity contribution is 5.83. The molecule has 0 atom stereocenters. The molecule has 0 radical (unpaired) electrons. The van der Waals surface area contributed by atoms with E-state index in [-0.39, 0.29) is 11.6 Å². The summed E-state index contributed by atoms with van der Waals surface area (Å²) < 4.78 is 29.4. The van der Waals surface area contributed by atoms with Gasteiger partial charge in [0.2, 0.25) is 5.88 Å². The van der Waals surface area contributed by atoms with Gasteiger partial charge in [-0.25, -0.2) is 4.39 Å². The average Bonchev–Trinajstić information content (AvgIpc) is 2.80. The summed E-state index contributed by atoms with van der Waals surface area (Å²) in [5.41, 5.74) is 7.83. The van der Waals surface area contributed by atoms with Crippen molar-refractivity contribution in [3.05, 3.63) is 23.1 Å². The van der Waals surface area contributed by atoms with Gasteiger partial charge in [-0.15, -0.1) is 0 Å². The Morgan fingerprint density at radius 2 is 1.79 bits per heavy atom. The molecule has 0 unspecified atom stereocenters. The molecule has 0 bridgehead atoms. The van der Waals surface area contributed by atoms with Gasteiger partial charge < -0.3 is 19.7 Å². The maximum Gasteiger partial charge on any atom is 0.230 e. The summed E-state index contributed by atoms with van der Waals surface area (Å²) >= 11 is 0. The van der Waals surface area contributed by atoms with Gasteiger partial charge in [-0.1, -0.05) is 5.16 Å². The lowest BCUT2D eigenvalue weighted by Gasteiger charge is -2.17. The van der Waals surface area contributed by atoms with Crippen molar-refractivity contribution in [2.45, 2.75) is 13.8 Å². The number of benzene rings is 1. The van der Waals surface area contributed by atoms with E-state index >= 15 is 0 Å². The number of anilines is 1. The minimum Gasteiger partial charge on any atom is -0.496 e. The summed E-state index contributed by atoms with van der Waals surface area (Å²) in [7, 11) is 2.89. The molecule has 0 fully saturated rings. The SMILES string of the molecule is COc1c(C)c(-c2cnoc2N)c(OC)c(C)c1F. The zero-order chi connectivity index (χ0) is 14.2.